The summed E-state index contributed by atoms with van der Waals surface area (Å²) in [5.74, 6) is 0.960. The van der Waals surface area contributed by atoms with Crippen LogP contribution in [0.2, 0.25) is 0 Å². The zero-order valence-electron chi connectivity index (χ0n) is 13.1. The van der Waals surface area contributed by atoms with Crippen LogP contribution in [0, 0.1) is 0 Å². The molecule has 0 amide bonds. The van der Waals surface area contributed by atoms with Crippen molar-refractivity contribution in [2.24, 2.45) is 0 Å². The molecule has 1 aliphatic heterocycles. The highest BCUT2D eigenvalue weighted by atomic mass is 32.2. The highest BCUT2D eigenvalue weighted by Crippen LogP contribution is 2.44. The van der Waals surface area contributed by atoms with E-state index in [9.17, 15) is 0 Å². The van der Waals surface area contributed by atoms with Crippen LogP contribution in [-0.4, -0.2) is 6.61 Å². The third-order valence-electron chi connectivity index (χ3n) is 3.84. The average molecular weight is 313 g/mol. The molecule has 0 radical (unpaired) electrons. The molecule has 22 heavy (non-hydrogen) atoms. The second kappa shape index (κ2) is 7.59. The lowest BCUT2D eigenvalue weighted by atomic mass is 10.2. The molecule has 0 atom stereocenters. The summed E-state index contributed by atoms with van der Waals surface area (Å²) < 4.78 is 5.89. The van der Waals surface area contributed by atoms with E-state index in [1.165, 1.54) is 41.2 Å². The van der Waals surface area contributed by atoms with Gasteiger partial charge in [-0.3, -0.25) is 0 Å². The van der Waals surface area contributed by atoms with E-state index in [0.717, 1.165) is 24.5 Å². The van der Waals surface area contributed by atoms with Crippen LogP contribution < -0.4 is 10.1 Å². The first-order valence-electron chi connectivity index (χ1n) is 8.17. The minimum atomic E-state index is 0.812. The van der Waals surface area contributed by atoms with E-state index in [-0.39, 0.29) is 0 Å². The van der Waals surface area contributed by atoms with Crippen molar-refractivity contribution in [1.82, 2.24) is 0 Å². The minimum Gasteiger partial charge on any atom is -0.494 e. The zero-order valence-corrected chi connectivity index (χ0v) is 13.9. The van der Waals surface area contributed by atoms with Gasteiger partial charge in [0.25, 0.3) is 0 Å². The molecule has 2 aromatic rings. The van der Waals surface area contributed by atoms with Crippen LogP contribution in [-0.2, 0) is 0 Å². The van der Waals surface area contributed by atoms with Gasteiger partial charge < -0.3 is 10.1 Å². The molecule has 0 saturated heterocycles. The second-order valence-electron chi connectivity index (χ2n) is 5.64. The summed E-state index contributed by atoms with van der Waals surface area (Å²) in [6.45, 7) is 3.05. The Morgan fingerprint density at radius 2 is 1.73 bits per heavy atom. The summed E-state index contributed by atoms with van der Waals surface area (Å²) >= 11 is 1.81. The third kappa shape index (κ3) is 3.77. The van der Waals surface area contributed by atoms with E-state index in [0.29, 0.717) is 0 Å². The van der Waals surface area contributed by atoms with E-state index in [1.54, 1.807) is 0 Å². The number of anilines is 2. The van der Waals surface area contributed by atoms with E-state index >= 15 is 0 Å². The van der Waals surface area contributed by atoms with Gasteiger partial charge in [0.15, 0.2) is 0 Å². The summed E-state index contributed by atoms with van der Waals surface area (Å²) in [6.07, 6.45) is 6.34. The normalized spacial score (nSPS) is 12.2. The predicted octanol–water partition coefficient (Wildman–Crippen LogP) is 6.24. The van der Waals surface area contributed by atoms with E-state index in [1.807, 2.05) is 11.8 Å². The molecule has 1 heterocycles. The Morgan fingerprint density at radius 1 is 0.909 bits per heavy atom. The molecule has 3 heteroatoms. The smallest absolute Gasteiger partial charge is 0.121 e. The number of nitrogens with one attached hydrogen (secondary N) is 1. The molecule has 0 saturated carbocycles. The molecule has 116 valence electrons. The van der Waals surface area contributed by atoms with Gasteiger partial charge >= 0.3 is 0 Å². The van der Waals surface area contributed by atoms with E-state index in [4.69, 9.17) is 4.74 Å². The van der Waals surface area contributed by atoms with Gasteiger partial charge in [-0.15, -0.1) is 0 Å². The number of unbranched alkanes of at least 4 members (excludes halogenated alkanes) is 4. The van der Waals surface area contributed by atoms with Gasteiger partial charge in [-0.2, -0.15) is 0 Å². The van der Waals surface area contributed by atoms with Gasteiger partial charge in [-0.05, 0) is 30.7 Å². The lowest BCUT2D eigenvalue weighted by molar-refractivity contribution is 0.304. The predicted molar refractivity (Wildman–Crippen MR) is 94.5 cm³/mol. The highest BCUT2D eigenvalue weighted by Gasteiger charge is 2.15. The van der Waals surface area contributed by atoms with E-state index in [2.05, 4.69) is 54.7 Å². The number of rotatable bonds is 7. The quantitative estimate of drug-likeness (QED) is 0.521. The van der Waals surface area contributed by atoms with Crippen molar-refractivity contribution in [3.63, 3.8) is 0 Å². The lowest BCUT2D eigenvalue weighted by Crippen LogP contribution is -2.01. The first kappa shape index (κ1) is 15.3. The van der Waals surface area contributed by atoms with Crippen LogP contribution in [0.15, 0.2) is 52.3 Å². The summed E-state index contributed by atoms with van der Waals surface area (Å²) in [7, 11) is 0. The highest BCUT2D eigenvalue weighted by molar-refractivity contribution is 7.99. The molecule has 1 aliphatic rings. The molecular formula is C19H23NOS. The van der Waals surface area contributed by atoms with Gasteiger partial charge in [0.2, 0.25) is 0 Å². The molecule has 2 aromatic carbocycles. The van der Waals surface area contributed by atoms with Crippen molar-refractivity contribution in [2.75, 3.05) is 11.9 Å². The molecule has 0 aliphatic carbocycles. The average Bonchev–Trinajstić information content (AvgIpc) is 2.56. The number of ether oxygens (including phenoxy) is 1. The van der Waals surface area contributed by atoms with Crippen molar-refractivity contribution in [1.29, 1.82) is 0 Å². The first-order chi connectivity index (χ1) is 10.9. The second-order valence-corrected chi connectivity index (χ2v) is 6.73. The molecule has 0 bridgehead atoms. The van der Waals surface area contributed by atoms with Crippen LogP contribution in [0.4, 0.5) is 11.4 Å². The van der Waals surface area contributed by atoms with Crippen LogP contribution in [0.1, 0.15) is 39.0 Å². The van der Waals surface area contributed by atoms with Gasteiger partial charge in [0.05, 0.1) is 18.0 Å². The number of hydrogen-bond acceptors (Lipinski definition) is 3. The molecule has 0 aromatic heterocycles. The van der Waals surface area contributed by atoms with Gasteiger partial charge in [-0.1, -0.05) is 56.5 Å². The monoisotopic (exact) mass is 313 g/mol. The fourth-order valence-corrected chi connectivity index (χ4v) is 3.57. The van der Waals surface area contributed by atoms with Crippen molar-refractivity contribution in [2.45, 2.75) is 48.8 Å². The molecular weight excluding hydrogens is 290 g/mol. The Kier molecular flexibility index (Phi) is 5.28. The third-order valence-corrected chi connectivity index (χ3v) is 5.00. The maximum absolute atomic E-state index is 5.89. The molecule has 0 unspecified atom stereocenters. The first-order valence-corrected chi connectivity index (χ1v) is 8.99. The Bertz CT molecular complexity index is 627. The van der Waals surface area contributed by atoms with Gasteiger partial charge in [-0.25, -0.2) is 0 Å². The Hall–Kier alpha value is -1.61. The van der Waals surface area contributed by atoms with Crippen molar-refractivity contribution < 1.29 is 4.74 Å². The summed E-state index contributed by atoms with van der Waals surface area (Å²) in [5, 5.41) is 3.50. The number of hydrogen-bond donors (Lipinski definition) is 1. The maximum Gasteiger partial charge on any atom is 0.121 e. The van der Waals surface area contributed by atoms with Crippen LogP contribution in [0.3, 0.4) is 0 Å². The number of benzene rings is 2. The number of fused-ring (bicyclic) bond motifs is 2. The molecule has 3 rings (SSSR count). The molecule has 0 fully saturated rings. The van der Waals surface area contributed by atoms with Crippen molar-refractivity contribution in [3.8, 4) is 5.75 Å². The largest absolute Gasteiger partial charge is 0.494 e. The summed E-state index contributed by atoms with van der Waals surface area (Å²) in [6, 6.07) is 14.7. The molecule has 1 N–H and O–H groups in total. The fourth-order valence-electron chi connectivity index (χ4n) is 2.60. The van der Waals surface area contributed by atoms with E-state index < -0.39 is 0 Å². The summed E-state index contributed by atoms with van der Waals surface area (Å²) in [5.41, 5.74) is 2.32. The SMILES string of the molecule is CCCCCCCOc1ccc2c(c1)Nc1ccccc1S2. The van der Waals surface area contributed by atoms with Crippen molar-refractivity contribution >= 4 is 23.1 Å². The zero-order chi connectivity index (χ0) is 15.2. The lowest BCUT2D eigenvalue weighted by Gasteiger charge is -2.21. The van der Waals surface area contributed by atoms with Gasteiger partial charge in [0, 0.05) is 15.9 Å². The Balaban J connectivity index is 1.56. The summed E-state index contributed by atoms with van der Waals surface area (Å²) in [4.78, 5) is 2.54. The topological polar surface area (TPSA) is 21.3 Å². The van der Waals surface area contributed by atoms with Crippen LogP contribution >= 0.6 is 11.8 Å². The van der Waals surface area contributed by atoms with Gasteiger partial charge in [0.1, 0.15) is 5.75 Å². The van der Waals surface area contributed by atoms with Crippen molar-refractivity contribution in [3.05, 3.63) is 42.5 Å². The minimum absolute atomic E-state index is 0.812. The fraction of sp³-hybridized carbons (Fsp3) is 0.368. The Labute approximate surface area is 137 Å². The molecule has 2 nitrogen and oxygen atoms in total. The van der Waals surface area contributed by atoms with Crippen LogP contribution in [0.25, 0.3) is 0 Å². The number of para-hydroxylation sites is 1. The molecule has 0 spiro atoms. The maximum atomic E-state index is 5.89. The van der Waals surface area contributed by atoms with Crippen LogP contribution in [0.5, 0.6) is 5.75 Å². The Morgan fingerprint density at radius 3 is 2.64 bits per heavy atom. The standard InChI is InChI=1S/C19H23NOS/c1-2-3-4-5-8-13-21-15-11-12-19-17(14-15)20-16-9-6-7-10-18(16)22-19/h6-7,9-12,14,20H,2-5,8,13H2,1H3.